The molecule has 136 valence electrons. The third-order valence-electron chi connectivity index (χ3n) is 3.35. The number of hydrogen-bond donors (Lipinski definition) is 1. The topological polar surface area (TPSA) is 120 Å². The molecule has 1 aliphatic rings. The smallest absolute Gasteiger partial charge is 0.339 e. The number of carboxylic acid groups (broad SMARTS) is 1. The Labute approximate surface area is 151 Å². The first kappa shape index (κ1) is 18.1. The molecule has 0 aromatic heterocycles. The van der Waals surface area contributed by atoms with Gasteiger partial charge in [-0.25, -0.2) is 14.4 Å². The number of carbonyl (C=O) groups excluding carboxylic acids is 1. The highest BCUT2D eigenvalue weighted by Gasteiger charge is 2.25. The van der Waals surface area contributed by atoms with Gasteiger partial charge >= 0.3 is 10.1 Å². The second-order valence-corrected chi connectivity index (χ2v) is 7.37. The maximum atomic E-state index is 13.2. The van der Waals surface area contributed by atoms with Crippen molar-refractivity contribution >= 4 is 27.8 Å². The van der Waals surface area contributed by atoms with E-state index in [1.807, 2.05) is 5.32 Å². The first-order valence-corrected chi connectivity index (χ1v) is 8.85. The van der Waals surface area contributed by atoms with Crippen molar-refractivity contribution in [2.24, 2.45) is 9.98 Å². The molecule has 0 radical (unpaired) electrons. The molecule has 0 spiro atoms. The van der Waals surface area contributed by atoms with Gasteiger partial charge in [0.05, 0.1) is 15.7 Å². The quantitative estimate of drug-likeness (QED) is 0.732. The Morgan fingerprint density at radius 2 is 1.92 bits per heavy atom. The Kier molecular flexibility index (Phi) is 4.32. The number of fused-ring (bicyclic) bond motifs is 1. The van der Waals surface area contributed by atoms with E-state index in [-0.39, 0.29) is 21.0 Å². The van der Waals surface area contributed by atoms with Crippen LogP contribution in [0.3, 0.4) is 0 Å². The summed E-state index contributed by atoms with van der Waals surface area (Å²) in [6.07, 6.45) is -1.56. The molecule has 1 unspecified atom stereocenters. The van der Waals surface area contributed by atoms with Gasteiger partial charge < -0.3 is 19.4 Å². The molecule has 26 heavy (non-hydrogen) atoms. The molecule has 1 heterocycles. The van der Waals surface area contributed by atoms with Crippen LogP contribution < -0.4 is 25.3 Å². The highest BCUT2D eigenvalue weighted by Crippen LogP contribution is 2.22. The summed E-state index contributed by atoms with van der Waals surface area (Å²) in [6.45, 7) is 1.40. The van der Waals surface area contributed by atoms with Crippen LogP contribution in [0.4, 0.5) is 9.18 Å². The predicted molar refractivity (Wildman–Crippen MR) is 84.9 cm³/mol. The summed E-state index contributed by atoms with van der Waals surface area (Å²) < 4.78 is 42.7. The number of nitrogens with one attached hydrogen (secondary N) is 1. The fourth-order valence-electron chi connectivity index (χ4n) is 2.29. The molecule has 2 aromatic carbocycles. The van der Waals surface area contributed by atoms with Gasteiger partial charge in [-0.1, -0.05) is 11.6 Å². The second kappa shape index (κ2) is 6.22. The van der Waals surface area contributed by atoms with Crippen molar-refractivity contribution in [2.75, 3.05) is 0 Å². The number of amides is 1. The average molecular weight is 399 g/mol. The Morgan fingerprint density at radius 1 is 1.23 bits per heavy atom. The van der Waals surface area contributed by atoms with Crippen LogP contribution in [0.2, 0.25) is 5.02 Å². The van der Waals surface area contributed by atoms with Crippen molar-refractivity contribution in [3.8, 4) is 5.75 Å². The van der Waals surface area contributed by atoms with Crippen LogP contribution in [0.1, 0.15) is 6.92 Å². The summed E-state index contributed by atoms with van der Waals surface area (Å²) in [5, 5.41) is 12.9. The minimum atomic E-state index is -4.26. The van der Waals surface area contributed by atoms with E-state index in [9.17, 15) is 22.7 Å². The molecule has 0 bridgehead atoms. The summed E-state index contributed by atoms with van der Waals surface area (Å²) in [4.78, 5) is 18.5. The van der Waals surface area contributed by atoms with E-state index in [0.29, 0.717) is 5.36 Å². The van der Waals surface area contributed by atoms with E-state index in [1.54, 1.807) is 0 Å². The lowest BCUT2D eigenvalue weighted by Gasteiger charge is -2.20. The Hall–Kier alpha value is -2.72. The van der Waals surface area contributed by atoms with E-state index >= 15 is 0 Å². The third kappa shape index (κ3) is 3.60. The molecule has 11 heteroatoms. The van der Waals surface area contributed by atoms with Gasteiger partial charge in [-0.15, -0.1) is 0 Å². The van der Waals surface area contributed by atoms with Crippen LogP contribution in [0.25, 0.3) is 0 Å². The number of rotatable bonds is 4. The first-order chi connectivity index (χ1) is 12.1. The van der Waals surface area contributed by atoms with Crippen LogP contribution in [0.15, 0.2) is 51.3 Å². The zero-order chi connectivity index (χ0) is 19.1. The van der Waals surface area contributed by atoms with E-state index in [2.05, 4.69) is 9.98 Å². The average Bonchev–Trinajstić information content (AvgIpc) is 2.83. The zero-order valence-electron chi connectivity index (χ0n) is 13.1. The summed E-state index contributed by atoms with van der Waals surface area (Å²) in [6, 6.07) is 6.88. The van der Waals surface area contributed by atoms with Gasteiger partial charge in [-0.2, -0.15) is 8.42 Å². The highest BCUT2D eigenvalue weighted by molar-refractivity contribution is 7.87. The van der Waals surface area contributed by atoms with Gasteiger partial charge in [0.2, 0.25) is 5.79 Å². The lowest BCUT2D eigenvalue weighted by atomic mass is 10.3. The minimum absolute atomic E-state index is 0.0825. The predicted octanol–water partition coefficient (Wildman–Crippen LogP) is 0.106. The molecular weight excluding hydrogens is 389 g/mol. The standard InChI is InChI=1S/C15H11ClFN3O5S/c1-15(20-14(21)22)18-12-5-2-8(6-13(12)19-15)25-26(23,24)9-3-4-11(17)10(16)7-9/h2-7,20H,1H3,(H,21,22)/p-1. The molecule has 1 amide bonds. The second-order valence-electron chi connectivity index (χ2n) is 5.42. The molecule has 0 fully saturated rings. The molecular formula is C15H10ClFN3O5S-. The monoisotopic (exact) mass is 398 g/mol. The number of carbonyl (C=O) groups is 1. The summed E-state index contributed by atoms with van der Waals surface area (Å²) in [7, 11) is -4.26. The maximum absolute atomic E-state index is 13.2. The van der Waals surface area contributed by atoms with E-state index in [0.717, 1.165) is 18.2 Å². The van der Waals surface area contributed by atoms with Gasteiger partial charge in [0.1, 0.15) is 22.6 Å². The summed E-state index contributed by atoms with van der Waals surface area (Å²) in [5.41, 5.74) is 0. The number of hydrogen-bond acceptors (Lipinski definition) is 7. The van der Waals surface area contributed by atoms with E-state index < -0.39 is 27.8 Å². The number of nitrogens with zero attached hydrogens (tertiary/aromatic N) is 2. The molecule has 0 saturated carbocycles. The number of halogens is 2. The molecule has 0 saturated heterocycles. The van der Waals surface area contributed by atoms with Gasteiger partial charge in [0.25, 0.3) is 0 Å². The van der Waals surface area contributed by atoms with Crippen molar-refractivity contribution in [2.45, 2.75) is 17.6 Å². The van der Waals surface area contributed by atoms with Crippen molar-refractivity contribution < 1.29 is 26.9 Å². The van der Waals surface area contributed by atoms with Crippen molar-refractivity contribution in [3.05, 3.63) is 58.0 Å². The summed E-state index contributed by atoms with van der Waals surface area (Å²) >= 11 is 5.59. The van der Waals surface area contributed by atoms with Crippen LogP contribution in [0.5, 0.6) is 5.75 Å². The lowest BCUT2D eigenvalue weighted by Crippen LogP contribution is -2.48. The van der Waals surface area contributed by atoms with Crippen LogP contribution >= 0.6 is 11.6 Å². The van der Waals surface area contributed by atoms with Gasteiger partial charge in [0, 0.05) is 13.0 Å². The van der Waals surface area contributed by atoms with E-state index in [1.165, 1.54) is 25.1 Å². The lowest BCUT2D eigenvalue weighted by molar-refractivity contribution is -0.252. The van der Waals surface area contributed by atoms with Gasteiger partial charge in [-0.05, 0) is 30.3 Å². The molecule has 0 aliphatic carbocycles. The summed E-state index contributed by atoms with van der Waals surface area (Å²) in [5.74, 6) is -2.31. The first-order valence-electron chi connectivity index (χ1n) is 7.06. The Balaban J connectivity index is 1.93. The molecule has 1 atom stereocenters. The molecule has 3 rings (SSSR count). The fourth-order valence-corrected chi connectivity index (χ4v) is 3.49. The minimum Gasteiger partial charge on any atom is -0.530 e. The van der Waals surface area contributed by atoms with Crippen molar-refractivity contribution in [3.63, 3.8) is 0 Å². The molecule has 2 aromatic rings. The fraction of sp³-hybridized carbons (Fsp3) is 0.133. The number of benzene rings is 2. The SMILES string of the molecule is CC1(NC(=O)[O-])N=c2ccc(OS(=O)(=O)c3ccc(F)c(Cl)c3)cc2=N1. The maximum Gasteiger partial charge on any atom is 0.339 e. The van der Waals surface area contributed by atoms with Crippen LogP contribution in [-0.4, -0.2) is 20.3 Å². The van der Waals surface area contributed by atoms with Gasteiger partial charge in [-0.3, -0.25) is 0 Å². The molecule has 1 aliphatic heterocycles. The van der Waals surface area contributed by atoms with Crippen molar-refractivity contribution in [1.29, 1.82) is 0 Å². The van der Waals surface area contributed by atoms with Crippen LogP contribution in [-0.2, 0) is 10.1 Å². The third-order valence-corrected chi connectivity index (χ3v) is 4.88. The van der Waals surface area contributed by atoms with Gasteiger partial charge in [0.15, 0.2) is 0 Å². The van der Waals surface area contributed by atoms with E-state index in [4.69, 9.17) is 15.8 Å². The molecule has 8 nitrogen and oxygen atoms in total. The highest BCUT2D eigenvalue weighted by atomic mass is 35.5. The Morgan fingerprint density at radius 3 is 2.58 bits per heavy atom. The Bertz CT molecular complexity index is 1140. The normalized spacial score (nSPS) is 18.4. The van der Waals surface area contributed by atoms with Crippen LogP contribution in [0, 0.1) is 5.82 Å². The zero-order valence-corrected chi connectivity index (χ0v) is 14.6. The molecule has 1 N–H and O–H groups in total. The largest absolute Gasteiger partial charge is 0.530 e. The van der Waals surface area contributed by atoms with Crippen molar-refractivity contribution in [1.82, 2.24) is 5.32 Å².